The van der Waals surface area contributed by atoms with Gasteiger partial charge in [-0.25, -0.2) is 4.79 Å². The van der Waals surface area contributed by atoms with Crippen molar-refractivity contribution in [2.75, 3.05) is 31.1 Å². The van der Waals surface area contributed by atoms with Gasteiger partial charge < -0.3 is 10.2 Å². The van der Waals surface area contributed by atoms with Gasteiger partial charge >= 0.3 is 5.69 Å². The summed E-state index contributed by atoms with van der Waals surface area (Å²) in [7, 11) is 0. The molecule has 0 radical (unpaired) electrons. The SMILES string of the molecule is Cl.O=c1ccn(-c2cccc(N3CCNCC3)c2)c(=O)[nH]1. The first kappa shape index (κ1) is 15.3. The number of H-pyrrole nitrogens is 1. The molecule has 1 aromatic heterocycles. The summed E-state index contributed by atoms with van der Waals surface area (Å²) in [5, 5.41) is 3.31. The van der Waals surface area contributed by atoms with Crippen molar-refractivity contribution in [1.29, 1.82) is 0 Å². The smallest absolute Gasteiger partial charge is 0.332 e. The van der Waals surface area contributed by atoms with Gasteiger partial charge in [0.25, 0.3) is 5.56 Å². The molecule has 3 rings (SSSR count). The second-order valence-corrected chi connectivity index (χ2v) is 4.74. The Labute approximate surface area is 127 Å². The first-order chi connectivity index (χ1) is 9.74. The van der Waals surface area contributed by atoms with Crippen LogP contribution in [-0.4, -0.2) is 35.7 Å². The summed E-state index contributed by atoms with van der Waals surface area (Å²) in [6.45, 7) is 3.82. The van der Waals surface area contributed by atoms with E-state index in [1.54, 1.807) is 0 Å². The Balaban J connectivity index is 0.00000161. The van der Waals surface area contributed by atoms with Crippen LogP contribution in [0.4, 0.5) is 5.69 Å². The number of halogens is 1. The first-order valence-corrected chi connectivity index (χ1v) is 6.62. The summed E-state index contributed by atoms with van der Waals surface area (Å²) in [6.07, 6.45) is 1.50. The molecule has 0 atom stereocenters. The van der Waals surface area contributed by atoms with Crippen LogP contribution in [0, 0.1) is 0 Å². The van der Waals surface area contributed by atoms with E-state index in [-0.39, 0.29) is 18.0 Å². The summed E-state index contributed by atoms with van der Waals surface area (Å²) >= 11 is 0. The van der Waals surface area contributed by atoms with Gasteiger partial charge in [-0.3, -0.25) is 14.3 Å². The van der Waals surface area contributed by atoms with Gasteiger partial charge in [-0.2, -0.15) is 0 Å². The Hall–Kier alpha value is -2.05. The second kappa shape index (κ2) is 6.60. The number of nitrogens with one attached hydrogen (secondary N) is 2. The van der Waals surface area contributed by atoms with Crippen LogP contribution in [-0.2, 0) is 0 Å². The third-order valence-corrected chi connectivity index (χ3v) is 3.41. The molecule has 112 valence electrons. The molecule has 1 aliphatic heterocycles. The van der Waals surface area contributed by atoms with E-state index in [0.717, 1.165) is 37.6 Å². The quantitative estimate of drug-likeness (QED) is 0.840. The van der Waals surface area contributed by atoms with Gasteiger partial charge in [0.2, 0.25) is 0 Å². The normalized spacial score (nSPS) is 14.6. The maximum absolute atomic E-state index is 11.8. The molecular formula is C14H17ClN4O2. The van der Waals surface area contributed by atoms with E-state index in [9.17, 15) is 9.59 Å². The third kappa shape index (κ3) is 3.34. The average Bonchev–Trinajstić information content (AvgIpc) is 2.48. The molecule has 7 heteroatoms. The Kier molecular flexibility index (Phi) is 4.82. The lowest BCUT2D eigenvalue weighted by atomic mass is 10.2. The van der Waals surface area contributed by atoms with Crippen molar-refractivity contribution in [3.63, 3.8) is 0 Å². The summed E-state index contributed by atoms with van der Waals surface area (Å²) in [5.41, 5.74) is 1.03. The molecule has 6 nitrogen and oxygen atoms in total. The first-order valence-electron chi connectivity index (χ1n) is 6.62. The van der Waals surface area contributed by atoms with Crippen LogP contribution in [0.2, 0.25) is 0 Å². The van der Waals surface area contributed by atoms with E-state index in [0.29, 0.717) is 0 Å². The van der Waals surface area contributed by atoms with Crippen LogP contribution >= 0.6 is 12.4 Å². The molecule has 2 N–H and O–H groups in total. The molecule has 0 spiro atoms. The van der Waals surface area contributed by atoms with Crippen molar-refractivity contribution in [2.45, 2.75) is 0 Å². The molecule has 0 bridgehead atoms. The highest BCUT2D eigenvalue weighted by Crippen LogP contribution is 2.18. The molecule has 0 saturated carbocycles. The lowest BCUT2D eigenvalue weighted by Gasteiger charge is -2.29. The Morgan fingerprint density at radius 1 is 1.00 bits per heavy atom. The molecular weight excluding hydrogens is 292 g/mol. The van der Waals surface area contributed by atoms with Crippen molar-refractivity contribution in [2.24, 2.45) is 0 Å². The number of anilines is 1. The van der Waals surface area contributed by atoms with Crippen molar-refractivity contribution in [3.8, 4) is 5.69 Å². The fourth-order valence-electron chi connectivity index (χ4n) is 2.38. The topological polar surface area (TPSA) is 70.1 Å². The van der Waals surface area contributed by atoms with Crippen molar-refractivity contribution < 1.29 is 0 Å². The summed E-state index contributed by atoms with van der Waals surface area (Å²) in [5.74, 6) is 0. The van der Waals surface area contributed by atoms with Crippen LogP contribution in [0.3, 0.4) is 0 Å². The highest BCUT2D eigenvalue weighted by Gasteiger charge is 2.11. The van der Waals surface area contributed by atoms with Gasteiger partial charge in [-0.15, -0.1) is 12.4 Å². The van der Waals surface area contributed by atoms with E-state index in [2.05, 4.69) is 15.2 Å². The minimum atomic E-state index is -0.421. The molecule has 1 fully saturated rings. The summed E-state index contributed by atoms with van der Waals surface area (Å²) in [4.78, 5) is 27.5. The maximum Gasteiger partial charge on any atom is 0.332 e. The largest absolute Gasteiger partial charge is 0.369 e. The molecule has 0 aliphatic carbocycles. The Bertz CT molecular complexity index is 719. The standard InChI is InChI=1S/C14H16N4O2.ClH/c19-13-4-7-18(14(20)16-13)12-3-1-2-11(10-12)17-8-5-15-6-9-17;/h1-4,7,10,15H,5-6,8-9H2,(H,16,19,20);1H. The Morgan fingerprint density at radius 2 is 1.71 bits per heavy atom. The van der Waals surface area contributed by atoms with Crippen LogP contribution < -0.4 is 21.5 Å². The Morgan fingerprint density at radius 3 is 2.43 bits per heavy atom. The average molecular weight is 309 g/mol. The van der Waals surface area contributed by atoms with E-state index < -0.39 is 5.69 Å². The lowest BCUT2D eigenvalue weighted by molar-refractivity contribution is 0.589. The van der Waals surface area contributed by atoms with E-state index in [1.165, 1.54) is 16.8 Å². The van der Waals surface area contributed by atoms with E-state index in [4.69, 9.17) is 0 Å². The maximum atomic E-state index is 11.8. The molecule has 1 aliphatic rings. The number of aromatic amines is 1. The minimum Gasteiger partial charge on any atom is -0.369 e. The molecule has 0 amide bonds. The van der Waals surface area contributed by atoms with Gasteiger partial charge in [0.05, 0.1) is 5.69 Å². The molecule has 1 aromatic carbocycles. The van der Waals surface area contributed by atoms with Crippen molar-refractivity contribution in [3.05, 3.63) is 57.4 Å². The van der Waals surface area contributed by atoms with Gasteiger partial charge in [-0.1, -0.05) is 6.07 Å². The molecule has 21 heavy (non-hydrogen) atoms. The third-order valence-electron chi connectivity index (χ3n) is 3.41. The zero-order valence-corrected chi connectivity index (χ0v) is 12.2. The second-order valence-electron chi connectivity index (χ2n) is 4.74. The van der Waals surface area contributed by atoms with Gasteiger partial charge in [0, 0.05) is 44.1 Å². The summed E-state index contributed by atoms with van der Waals surface area (Å²) in [6, 6.07) is 9.12. The molecule has 0 unspecified atom stereocenters. The number of hydrogen-bond acceptors (Lipinski definition) is 4. The van der Waals surface area contributed by atoms with E-state index in [1.807, 2.05) is 24.3 Å². The van der Waals surface area contributed by atoms with Gasteiger partial charge in [-0.05, 0) is 18.2 Å². The zero-order valence-electron chi connectivity index (χ0n) is 11.4. The van der Waals surface area contributed by atoms with Crippen LogP contribution in [0.5, 0.6) is 0 Å². The number of benzene rings is 1. The minimum absolute atomic E-state index is 0. The van der Waals surface area contributed by atoms with Gasteiger partial charge in [0.1, 0.15) is 0 Å². The number of hydrogen-bond donors (Lipinski definition) is 2. The fraction of sp³-hybridized carbons (Fsp3) is 0.286. The van der Waals surface area contributed by atoms with Crippen LogP contribution in [0.15, 0.2) is 46.1 Å². The zero-order chi connectivity index (χ0) is 13.9. The number of piperazine rings is 1. The number of aromatic nitrogens is 2. The molecule has 2 aromatic rings. The van der Waals surface area contributed by atoms with Gasteiger partial charge in [0.15, 0.2) is 0 Å². The highest BCUT2D eigenvalue weighted by molar-refractivity contribution is 5.85. The summed E-state index contributed by atoms with van der Waals surface area (Å²) < 4.78 is 1.44. The molecule has 2 heterocycles. The number of nitrogens with zero attached hydrogens (tertiary/aromatic N) is 2. The van der Waals surface area contributed by atoms with Crippen molar-refractivity contribution in [1.82, 2.24) is 14.9 Å². The monoisotopic (exact) mass is 308 g/mol. The predicted octanol–water partition coefficient (Wildman–Crippen LogP) is 0.357. The van der Waals surface area contributed by atoms with Crippen LogP contribution in [0.1, 0.15) is 0 Å². The highest BCUT2D eigenvalue weighted by atomic mass is 35.5. The fourth-order valence-corrected chi connectivity index (χ4v) is 2.38. The lowest BCUT2D eigenvalue weighted by Crippen LogP contribution is -2.43. The van der Waals surface area contributed by atoms with Crippen LogP contribution in [0.25, 0.3) is 5.69 Å². The van der Waals surface area contributed by atoms with E-state index >= 15 is 0 Å². The molecule has 1 saturated heterocycles. The number of rotatable bonds is 2. The predicted molar refractivity (Wildman–Crippen MR) is 85.0 cm³/mol. The van der Waals surface area contributed by atoms with Crippen molar-refractivity contribution >= 4 is 18.1 Å².